The van der Waals surface area contributed by atoms with E-state index in [0.29, 0.717) is 18.3 Å². The summed E-state index contributed by atoms with van der Waals surface area (Å²) in [5, 5.41) is 17.8. The average molecular weight is 408 g/mol. The molecule has 4 aromatic heterocycles. The molecule has 0 saturated carbocycles. The molecule has 0 atom stereocenters. The van der Waals surface area contributed by atoms with Gasteiger partial charge in [-0.15, -0.1) is 15.3 Å². The Morgan fingerprint density at radius 1 is 1.13 bits per heavy atom. The van der Waals surface area contributed by atoms with Crippen LogP contribution in [0.15, 0.2) is 24.5 Å². The monoisotopic (exact) mass is 408 g/mol. The predicted molar refractivity (Wildman–Crippen MR) is 111 cm³/mol. The van der Waals surface area contributed by atoms with Gasteiger partial charge in [-0.3, -0.25) is 0 Å². The summed E-state index contributed by atoms with van der Waals surface area (Å²) in [6.45, 7) is 2.19. The van der Waals surface area contributed by atoms with Crippen LogP contribution in [0.25, 0.3) is 11.4 Å². The first-order valence-corrected chi connectivity index (χ1v) is 9.97. The quantitative estimate of drug-likeness (QED) is 0.481. The van der Waals surface area contributed by atoms with Gasteiger partial charge in [-0.25, -0.2) is 4.98 Å². The number of anilines is 2. The number of fused-ring (bicyclic) bond motifs is 2. The Morgan fingerprint density at radius 2 is 1.97 bits per heavy atom. The van der Waals surface area contributed by atoms with Crippen molar-refractivity contribution in [1.29, 1.82) is 0 Å². The molecule has 0 spiro atoms. The zero-order chi connectivity index (χ0) is 20.7. The van der Waals surface area contributed by atoms with E-state index in [-0.39, 0.29) is 0 Å². The fourth-order valence-electron chi connectivity index (χ4n) is 3.95. The topological polar surface area (TPSA) is 102 Å². The van der Waals surface area contributed by atoms with E-state index in [9.17, 15) is 0 Å². The average Bonchev–Trinajstić information content (AvgIpc) is 3.40. The van der Waals surface area contributed by atoms with E-state index >= 15 is 0 Å². The molecule has 4 aromatic rings. The minimum atomic E-state index is 0.299. The Hall–Kier alpha value is -3.34. The molecular weight excluding hydrogens is 384 g/mol. The van der Waals surface area contributed by atoms with E-state index < -0.39 is 0 Å². The first-order chi connectivity index (χ1) is 14.6. The van der Waals surface area contributed by atoms with E-state index in [0.717, 1.165) is 54.7 Å². The highest BCUT2D eigenvalue weighted by Crippen LogP contribution is 2.30. The highest BCUT2D eigenvalue weighted by atomic mass is 16.5. The van der Waals surface area contributed by atoms with Gasteiger partial charge in [0.05, 0.1) is 12.3 Å². The molecule has 1 aliphatic rings. The van der Waals surface area contributed by atoms with Crippen LogP contribution >= 0.6 is 0 Å². The lowest BCUT2D eigenvalue weighted by atomic mass is 9.96. The maximum atomic E-state index is 5.26. The number of methoxy groups -OCH3 is 1. The van der Waals surface area contributed by atoms with Gasteiger partial charge in [0.15, 0.2) is 11.5 Å². The van der Waals surface area contributed by atoms with Crippen molar-refractivity contribution < 1.29 is 4.74 Å². The second-order valence-corrected chi connectivity index (χ2v) is 7.69. The summed E-state index contributed by atoms with van der Waals surface area (Å²) < 4.78 is 8.93. The van der Waals surface area contributed by atoms with Crippen molar-refractivity contribution in [3.63, 3.8) is 0 Å². The minimum absolute atomic E-state index is 0.299. The number of hydrogen-bond donors (Lipinski definition) is 0. The molecule has 0 radical (unpaired) electrons. The van der Waals surface area contributed by atoms with Crippen molar-refractivity contribution >= 4 is 23.1 Å². The molecule has 156 valence electrons. The lowest BCUT2D eigenvalue weighted by molar-refractivity contribution is 0.181. The number of piperidine rings is 1. The van der Waals surface area contributed by atoms with Crippen LogP contribution in [-0.2, 0) is 11.3 Å². The minimum Gasteiger partial charge on any atom is -0.378 e. The van der Waals surface area contributed by atoms with Gasteiger partial charge >= 0.3 is 0 Å². The zero-order valence-corrected chi connectivity index (χ0v) is 17.3. The van der Waals surface area contributed by atoms with Gasteiger partial charge in [0.25, 0.3) is 5.78 Å². The van der Waals surface area contributed by atoms with E-state index in [1.165, 1.54) is 6.33 Å². The van der Waals surface area contributed by atoms with Crippen molar-refractivity contribution in [2.75, 3.05) is 44.1 Å². The van der Waals surface area contributed by atoms with Crippen molar-refractivity contribution in [2.45, 2.75) is 25.4 Å². The van der Waals surface area contributed by atoms with Crippen molar-refractivity contribution in [1.82, 2.24) is 39.4 Å². The van der Waals surface area contributed by atoms with Gasteiger partial charge in [0.1, 0.15) is 18.0 Å². The molecule has 0 bridgehead atoms. The third-order valence-corrected chi connectivity index (χ3v) is 5.49. The molecule has 0 unspecified atom stereocenters. The molecule has 0 N–H and O–H groups in total. The fraction of sp³-hybridized carbons (Fsp3) is 0.474. The third kappa shape index (κ3) is 3.20. The molecule has 0 amide bonds. The third-order valence-electron chi connectivity index (χ3n) is 5.49. The van der Waals surface area contributed by atoms with E-state index in [2.05, 4.69) is 30.2 Å². The molecular formula is C19H24N10O. The standard InChI is InChI=1S/C19H24N10O/c1-26(2)16-5-4-15-23-24-18(28(15)25-16)13-6-8-27(9-7-13)17-10-14(11-30-3)22-19-20-12-21-29(17)19/h4-5,10,12-13H,6-9,11H2,1-3H3. The zero-order valence-electron chi connectivity index (χ0n) is 17.3. The van der Waals surface area contributed by atoms with Gasteiger partial charge in [-0.2, -0.15) is 19.1 Å². The van der Waals surface area contributed by atoms with Gasteiger partial charge in [0, 0.05) is 46.3 Å². The number of nitrogens with zero attached hydrogens (tertiary/aromatic N) is 10. The molecule has 30 heavy (non-hydrogen) atoms. The normalized spacial score (nSPS) is 15.4. The Bertz CT molecular complexity index is 1170. The second-order valence-electron chi connectivity index (χ2n) is 7.69. The molecule has 1 aliphatic heterocycles. The summed E-state index contributed by atoms with van der Waals surface area (Å²) in [5.41, 5.74) is 1.62. The Morgan fingerprint density at radius 3 is 2.73 bits per heavy atom. The van der Waals surface area contributed by atoms with Crippen molar-refractivity contribution in [2.24, 2.45) is 0 Å². The Kier molecular flexibility index (Phi) is 4.66. The fourth-order valence-corrected chi connectivity index (χ4v) is 3.95. The maximum absolute atomic E-state index is 5.26. The first kappa shape index (κ1) is 18.7. The Balaban J connectivity index is 1.40. The van der Waals surface area contributed by atoms with Crippen molar-refractivity contribution in [3.8, 4) is 0 Å². The molecule has 0 aliphatic carbocycles. The maximum Gasteiger partial charge on any atom is 0.254 e. The molecule has 0 aromatic carbocycles. The van der Waals surface area contributed by atoms with Gasteiger partial charge in [-0.1, -0.05) is 0 Å². The largest absolute Gasteiger partial charge is 0.378 e. The molecule has 11 nitrogen and oxygen atoms in total. The summed E-state index contributed by atoms with van der Waals surface area (Å²) in [5.74, 6) is 3.69. The summed E-state index contributed by atoms with van der Waals surface area (Å²) in [6, 6.07) is 5.95. The van der Waals surface area contributed by atoms with Crippen LogP contribution in [0.2, 0.25) is 0 Å². The van der Waals surface area contributed by atoms with E-state index in [1.54, 1.807) is 11.6 Å². The van der Waals surface area contributed by atoms with Crippen LogP contribution in [-0.4, -0.2) is 73.7 Å². The summed E-state index contributed by atoms with van der Waals surface area (Å²) in [4.78, 5) is 13.1. The predicted octanol–water partition coefficient (Wildman–Crippen LogP) is 1.16. The van der Waals surface area contributed by atoms with Crippen LogP contribution in [0.5, 0.6) is 0 Å². The summed E-state index contributed by atoms with van der Waals surface area (Å²) >= 11 is 0. The molecule has 5 heterocycles. The highest BCUT2D eigenvalue weighted by molar-refractivity contribution is 5.48. The number of aromatic nitrogens is 8. The number of rotatable bonds is 5. The van der Waals surface area contributed by atoms with Crippen LogP contribution in [0, 0.1) is 0 Å². The van der Waals surface area contributed by atoms with Crippen LogP contribution in [0.3, 0.4) is 0 Å². The number of ether oxygens (including phenoxy) is 1. The van der Waals surface area contributed by atoms with Gasteiger partial charge in [-0.05, 0) is 25.0 Å². The van der Waals surface area contributed by atoms with Gasteiger partial charge in [0.2, 0.25) is 0 Å². The molecule has 11 heteroatoms. The smallest absolute Gasteiger partial charge is 0.254 e. The lowest BCUT2D eigenvalue weighted by Crippen LogP contribution is -2.35. The SMILES string of the molecule is COCc1cc(N2CCC(c3nnc4ccc(N(C)C)nn34)CC2)n2ncnc2n1. The van der Waals surface area contributed by atoms with Crippen LogP contribution in [0.1, 0.15) is 30.3 Å². The molecule has 1 fully saturated rings. The first-order valence-electron chi connectivity index (χ1n) is 9.97. The van der Waals surface area contributed by atoms with Gasteiger partial charge < -0.3 is 14.5 Å². The highest BCUT2D eigenvalue weighted by Gasteiger charge is 2.27. The number of hydrogen-bond acceptors (Lipinski definition) is 9. The summed E-state index contributed by atoms with van der Waals surface area (Å²) in [7, 11) is 5.63. The molecule has 1 saturated heterocycles. The van der Waals surface area contributed by atoms with Crippen molar-refractivity contribution in [3.05, 3.63) is 36.0 Å². The summed E-state index contributed by atoms with van der Waals surface area (Å²) in [6.07, 6.45) is 3.44. The Labute approximate surface area is 173 Å². The van der Waals surface area contributed by atoms with Crippen LogP contribution < -0.4 is 9.80 Å². The second kappa shape index (κ2) is 7.48. The van der Waals surface area contributed by atoms with Crippen LogP contribution in [0.4, 0.5) is 11.6 Å². The molecule has 5 rings (SSSR count). The van der Waals surface area contributed by atoms with E-state index in [1.807, 2.05) is 41.7 Å². The lowest BCUT2D eigenvalue weighted by Gasteiger charge is -2.32. The van der Waals surface area contributed by atoms with E-state index in [4.69, 9.17) is 9.84 Å².